The number of carbonyl (C=O) groups is 1. The van der Waals surface area contributed by atoms with Crippen molar-refractivity contribution in [3.8, 4) is 0 Å². The Bertz CT molecular complexity index is 935. The Balaban J connectivity index is 2.14. The third-order valence-corrected chi connectivity index (χ3v) is 5.92. The van der Waals surface area contributed by atoms with E-state index in [0.717, 1.165) is 5.56 Å². The van der Waals surface area contributed by atoms with Crippen LogP contribution in [0.4, 0.5) is 4.39 Å². The topological polar surface area (TPSA) is 84.5 Å². The van der Waals surface area contributed by atoms with Gasteiger partial charge < -0.3 is 10.1 Å². The first-order valence-electron chi connectivity index (χ1n) is 8.06. The number of aryl methyl sites for hydroxylation is 1. The lowest BCUT2D eigenvalue weighted by Crippen LogP contribution is -2.28. The summed E-state index contributed by atoms with van der Waals surface area (Å²) in [4.78, 5) is 12.5. The number of ether oxygens (including phenoxy) is 1. The van der Waals surface area contributed by atoms with Crippen LogP contribution in [0.3, 0.4) is 0 Å². The molecule has 146 valence electrons. The fraction of sp³-hybridized carbons (Fsp3) is 0.278. The third-order valence-electron chi connectivity index (χ3n) is 3.77. The van der Waals surface area contributed by atoms with Crippen molar-refractivity contribution in [1.29, 1.82) is 0 Å². The molecule has 0 aliphatic rings. The molecule has 0 atom stereocenters. The Morgan fingerprint density at radius 2 is 1.96 bits per heavy atom. The van der Waals surface area contributed by atoms with Crippen LogP contribution in [0.25, 0.3) is 0 Å². The molecule has 1 amide bonds. The van der Waals surface area contributed by atoms with Gasteiger partial charge in [0.05, 0.1) is 17.1 Å². The second kappa shape index (κ2) is 9.41. The molecule has 0 aliphatic carbocycles. The third kappa shape index (κ3) is 5.83. The van der Waals surface area contributed by atoms with Crippen molar-refractivity contribution in [3.05, 3.63) is 63.4 Å². The van der Waals surface area contributed by atoms with Crippen LogP contribution >= 0.6 is 15.9 Å². The maximum atomic E-state index is 13.3. The van der Waals surface area contributed by atoms with Gasteiger partial charge in [0.1, 0.15) is 5.82 Å². The van der Waals surface area contributed by atoms with Crippen molar-refractivity contribution in [2.45, 2.75) is 18.4 Å². The van der Waals surface area contributed by atoms with Crippen molar-refractivity contribution in [1.82, 2.24) is 10.0 Å². The number of halogens is 2. The van der Waals surface area contributed by atoms with Gasteiger partial charge in [-0.2, -0.15) is 0 Å². The summed E-state index contributed by atoms with van der Waals surface area (Å²) in [6.45, 7) is 2.19. The van der Waals surface area contributed by atoms with E-state index >= 15 is 0 Å². The van der Waals surface area contributed by atoms with Gasteiger partial charge in [-0.05, 0) is 58.2 Å². The molecule has 0 unspecified atom stereocenters. The van der Waals surface area contributed by atoms with Crippen LogP contribution in [0.2, 0.25) is 0 Å². The van der Waals surface area contributed by atoms with Gasteiger partial charge in [-0.3, -0.25) is 4.79 Å². The molecule has 2 rings (SSSR count). The van der Waals surface area contributed by atoms with Crippen LogP contribution < -0.4 is 10.0 Å². The van der Waals surface area contributed by atoms with Crippen molar-refractivity contribution >= 4 is 31.9 Å². The molecule has 9 heteroatoms. The van der Waals surface area contributed by atoms with Crippen LogP contribution in [0.15, 0.2) is 45.8 Å². The SMILES string of the molecule is COCCNS(=O)(=O)c1ccc(Br)c(C(=O)NCc2ccc(F)c(C)c2)c1. The quantitative estimate of drug-likeness (QED) is 0.595. The number of carbonyl (C=O) groups excluding carboxylic acids is 1. The predicted molar refractivity (Wildman–Crippen MR) is 104 cm³/mol. The number of methoxy groups -OCH3 is 1. The Morgan fingerprint density at radius 1 is 1.22 bits per heavy atom. The number of benzene rings is 2. The molecule has 2 N–H and O–H groups in total. The zero-order chi connectivity index (χ0) is 20.0. The van der Waals surface area contributed by atoms with E-state index in [4.69, 9.17) is 4.74 Å². The minimum Gasteiger partial charge on any atom is -0.383 e. The van der Waals surface area contributed by atoms with E-state index in [1.165, 1.54) is 31.4 Å². The van der Waals surface area contributed by atoms with Crippen LogP contribution in [0.5, 0.6) is 0 Å². The number of hydrogen-bond donors (Lipinski definition) is 2. The first-order chi connectivity index (χ1) is 12.7. The van der Waals surface area contributed by atoms with E-state index in [1.807, 2.05) is 0 Å². The first-order valence-corrected chi connectivity index (χ1v) is 10.3. The second-order valence-electron chi connectivity index (χ2n) is 5.80. The molecule has 2 aromatic carbocycles. The number of nitrogens with one attached hydrogen (secondary N) is 2. The number of rotatable bonds is 8. The van der Waals surface area contributed by atoms with E-state index in [1.54, 1.807) is 19.1 Å². The lowest BCUT2D eigenvalue weighted by atomic mass is 10.1. The summed E-state index contributed by atoms with van der Waals surface area (Å²) in [5.41, 5.74) is 1.41. The van der Waals surface area contributed by atoms with Crippen molar-refractivity contribution in [2.24, 2.45) is 0 Å². The highest BCUT2D eigenvalue weighted by Crippen LogP contribution is 2.21. The molecule has 2 aromatic rings. The summed E-state index contributed by atoms with van der Waals surface area (Å²) in [6, 6.07) is 8.76. The highest BCUT2D eigenvalue weighted by Gasteiger charge is 2.18. The monoisotopic (exact) mass is 458 g/mol. The van der Waals surface area contributed by atoms with Crippen LogP contribution in [-0.4, -0.2) is 34.6 Å². The van der Waals surface area contributed by atoms with Crippen LogP contribution in [0, 0.1) is 12.7 Å². The number of amides is 1. The minimum atomic E-state index is -3.76. The fourth-order valence-corrected chi connectivity index (χ4v) is 3.77. The standard InChI is InChI=1S/C18H20BrFN2O4S/c1-12-9-13(3-6-17(12)20)11-21-18(23)15-10-14(4-5-16(15)19)27(24,25)22-7-8-26-2/h3-6,9-10,22H,7-8,11H2,1-2H3,(H,21,23). The molecule has 0 saturated carbocycles. The van der Waals surface area contributed by atoms with E-state index < -0.39 is 15.9 Å². The van der Waals surface area contributed by atoms with Gasteiger partial charge >= 0.3 is 0 Å². The fourth-order valence-electron chi connectivity index (χ4n) is 2.30. The van der Waals surface area contributed by atoms with Crippen LogP contribution in [0.1, 0.15) is 21.5 Å². The smallest absolute Gasteiger partial charge is 0.252 e. The molecular weight excluding hydrogens is 439 g/mol. The highest BCUT2D eigenvalue weighted by molar-refractivity contribution is 9.10. The molecule has 0 radical (unpaired) electrons. The molecular formula is C18H20BrFN2O4S. The summed E-state index contributed by atoms with van der Waals surface area (Å²) in [7, 11) is -2.28. The lowest BCUT2D eigenvalue weighted by molar-refractivity contribution is 0.0950. The molecule has 0 bridgehead atoms. The number of hydrogen-bond acceptors (Lipinski definition) is 4. The predicted octanol–water partition coefficient (Wildman–Crippen LogP) is 2.75. The van der Waals surface area contributed by atoms with Gasteiger partial charge in [0.15, 0.2) is 0 Å². The highest BCUT2D eigenvalue weighted by atomic mass is 79.9. The van der Waals surface area contributed by atoms with Gasteiger partial charge in [-0.15, -0.1) is 0 Å². The van der Waals surface area contributed by atoms with Gasteiger partial charge in [0.25, 0.3) is 5.91 Å². The summed E-state index contributed by atoms with van der Waals surface area (Å²) in [5, 5.41) is 2.71. The van der Waals surface area contributed by atoms with E-state index in [2.05, 4.69) is 26.0 Å². The molecule has 0 heterocycles. The maximum absolute atomic E-state index is 13.3. The average Bonchev–Trinajstić information content (AvgIpc) is 2.62. The Morgan fingerprint density at radius 3 is 2.63 bits per heavy atom. The minimum absolute atomic E-state index is 0.0235. The normalized spacial score (nSPS) is 11.4. The average molecular weight is 459 g/mol. The van der Waals surface area contributed by atoms with Crippen LogP contribution in [-0.2, 0) is 21.3 Å². The summed E-state index contributed by atoms with van der Waals surface area (Å²) < 4.78 is 45.6. The Hall–Kier alpha value is -1.81. The van der Waals surface area contributed by atoms with Gasteiger partial charge in [-0.1, -0.05) is 12.1 Å². The zero-order valence-corrected chi connectivity index (χ0v) is 17.3. The number of sulfonamides is 1. The largest absolute Gasteiger partial charge is 0.383 e. The zero-order valence-electron chi connectivity index (χ0n) is 14.9. The molecule has 0 saturated heterocycles. The van der Waals surface area contributed by atoms with Crippen molar-refractivity contribution < 1.29 is 22.3 Å². The lowest BCUT2D eigenvalue weighted by Gasteiger charge is -2.11. The Kier molecular flexibility index (Phi) is 7.49. The summed E-state index contributed by atoms with van der Waals surface area (Å²) >= 11 is 3.26. The second-order valence-corrected chi connectivity index (χ2v) is 8.42. The molecule has 0 fully saturated rings. The van der Waals surface area contributed by atoms with Gasteiger partial charge in [0.2, 0.25) is 10.0 Å². The molecule has 6 nitrogen and oxygen atoms in total. The Labute approximate surface area is 166 Å². The van der Waals surface area contributed by atoms with E-state index in [0.29, 0.717) is 10.0 Å². The molecule has 27 heavy (non-hydrogen) atoms. The molecule has 0 aromatic heterocycles. The van der Waals surface area contributed by atoms with Gasteiger partial charge in [0, 0.05) is 24.7 Å². The molecule has 0 spiro atoms. The first kappa shape index (κ1) is 21.5. The van der Waals surface area contributed by atoms with Crippen molar-refractivity contribution in [2.75, 3.05) is 20.3 Å². The van der Waals surface area contributed by atoms with Crippen molar-refractivity contribution in [3.63, 3.8) is 0 Å². The molecule has 0 aliphatic heterocycles. The van der Waals surface area contributed by atoms with E-state index in [-0.39, 0.29) is 36.0 Å². The maximum Gasteiger partial charge on any atom is 0.252 e. The summed E-state index contributed by atoms with van der Waals surface area (Å²) in [5.74, 6) is -0.760. The van der Waals surface area contributed by atoms with E-state index in [9.17, 15) is 17.6 Å². The van der Waals surface area contributed by atoms with Gasteiger partial charge in [-0.25, -0.2) is 17.5 Å². The summed E-state index contributed by atoms with van der Waals surface area (Å²) in [6.07, 6.45) is 0.